The molecule has 0 aliphatic rings. The Kier molecular flexibility index (Phi) is 10.2. The predicted octanol–water partition coefficient (Wildman–Crippen LogP) is 6.67. The molecule has 6 N–H and O–H groups in total. The van der Waals surface area contributed by atoms with Gasteiger partial charge < -0.3 is 21.3 Å². The molecule has 10 nitrogen and oxygen atoms in total. The summed E-state index contributed by atoms with van der Waals surface area (Å²) in [5.41, 5.74) is 6.57. The summed E-state index contributed by atoms with van der Waals surface area (Å²) in [5, 5.41) is 13.2. The largest absolute Gasteiger partial charge is 0.388 e. The highest BCUT2D eigenvalue weighted by Gasteiger charge is 2.30. The van der Waals surface area contributed by atoms with Crippen LogP contribution in [0.4, 0.5) is 22.7 Å². The standard InChI is InChI=1S/C35H36N4O6S2/c1-36-32-19-26(38-22-24-9-5-3-6-10-24)13-16-29(32)35(31-18-15-28(46(40,41)42)21-34(31)47(43,44)45)30-17-14-27(20-33(30)37-2)39-23-25-11-7-4-8-12-25/h3-21,35-39H,22-23H2,1-2H3,(H,40,41,42)(H,43,44,45). The lowest BCUT2D eigenvalue weighted by atomic mass is 9.83. The Balaban J connectivity index is 1.64. The third-order valence-corrected chi connectivity index (χ3v) is 9.58. The smallest absolute Gasteiger partial charge is 0.294 e. The van der Waals surface area contributed by atoms with Gasteiger partial charge in [-0.3, -0.25) is 9.11 Å². The molecule has 0 bridgehead atoms. The first-order chi connectivity index (χ1) is 22.5. The molecule has 12 heteroatoms. The van der Waals surface area contributed by atoms with Gasteiger partial charge in [-0.2, -0.15) is 16.8 Å². The van der Waals surface area contributed by atoms with Gasteiger partial charge in [0, 0.05) is 55.9 Å². The van der Waals surface area contributed by atoms with Crippen molar-refractivity contribution in [2.45, 2.75) is 28.8 Å². The third-order valence-electron chi connectivity index (χ3n) is 7.82. The van der Waals surface area contributed by atoms with E-state index in [1.807, 2.05) is 97.1 Å². The molecule has 5 aromatic carbocycles. The fourth-order valence-electron chi connectivity index (χ4n) is 5.51. The van der Waals surface area contributed by atoms with Gasteiger partial charge in [-0.15, -0.1) is 0 Å². The van der Waals surface area contributed by atoms with Gasteiger partial charge in [0.05, 0.1) is 9.79 Å². The first-order valence-electron chi connectivity index (χ1n) is 14.8. The molecule has 47 heavy (non-hydrogen) atoms. The van der Waals surface area contributed by atoms with Crippen molar-refractivity contribution >= 4 is 43.0 Å². The lowest BCUT2D eigenvalue weighted by Gasteiger charge is -2.26. The molecular formula is C35H36N4O6S2. The van der Waals surface area contributed by atoms with Crippen LogP contribution in [0, 0.1) is 0 Å². The zero-order valence-electron chi connectivity index (χ0n) is 25.8. The molecular weight excluding hydrogens is 637 g/mol. The highest BCUT2D eigenvalue weighted by Crippen LogP contribution is 2.43. The van der Waals surface area contributed by atoms with Crippen LogP contribution in [0.2, 0.25) is 0 Å². The zero-order chi connectivity index (χ0) is 33.6. The number of hydrogen-bond acceptors (Lipinski definition) is 8. The Hall–Kier alpha value is -4.88. The second kappa shape index (κ2) is 14.3. The Morgan fingerprint density at radius 1 is 0.553 bits per heavy atom. The van der Waals surface area contributed by atoms with Crippen molar-refractivity contribution in [2.75, 3.05) is 35.4 Å². The molecule has 0 aliphatic carbocycles. The van der Waals surface area contributed by atoms with Crippen LogP contribution in [0.25, 0.3) is 0 Å². The fraction of sp³-hybridized carbons (Fsp3) is 0.143. The number of anilines is 4. The van der Waals surface area contributed by atoms with E-state index in [1.165, 1.54) is 6.07 Å². The topological polar surface area (TPSA) is 157 Å². The van der Waals surface area contributed by atoms with Gasteiger partial charge in [-0.1, -0.05) is 78.9 Å². The van der Waals surface area contributed by atoms with Crippen molar-refractivity contribution in [3.63, 3.8) is 0 Å². The molecule has 0 fully saturated rings. The second-order valence-corrected chi connectivity index (χ2v) is 13.7. The highest BCUT2D eigenvalue weighted by molar-refractivity contribution is 7.86. The van der Waals surface area contributed by atoms with Crippen LogP contribution in [0.1, 0.15) is 33.7 Å². The van der Waals surface area contributed by atoms with Crippen molar-refractivity contribution in [3.8, 4) is 0 Å². The van der Waals surface area contributed by atoms with Crippen molar-refractivity contribution in [1.82, 2.24) is 0 Å². The quantitative estimate of drug-likeness (QED) is 0.0590. The summed E-state index contributed by atoms with van der Waals surface area (Å²) in [6.07, 6.45) is 0. The summed E-state index contributed by atoms with van der Waals surface area (Å²) >= 11 is 0. The molecule has 5 aromatic rings. The predicted molar refractivity (Wildman–Crippen MR) is 187 cm³/mol. The van der Waals surface area contributed by atoms with Gasteiger partial charge in [0.2, 0.25) is 0 Å². The average molecular weight is 673 g/mol. The van der Waals surface area contributed by atoms with Crippen LogP contribution in [-0.2, 0) is 33.3 Å². The minimum Gasteiger partial charge on any atom is -0.388 e. The summed E-state index contributed by atoms with van der Waals surface area (Å²) in [5.74, 6) is -0.821. The van der Waals surface area contributed by atoms with Crippen LogP contribution in [0.5, 0.6) is 0 Å². The van der Waals surface area contributed by atoms with Gasteiger partial charge in [0.25, 0.3) is 20.2 Å². The monoisotopic (exact) mass is 672 g/mol. The molecule has 0 heterocycles. The first kappa shape index (κ1) is 33.5. The summed E-state index contributed by atoms with van der Waals surface area (Å²) in [7, 11) is -6.23. The number of nitrogens with one attached hydrogen (secondary N) is 4. The lowest BCUT2D eigenvalue weighted by Crippen LogP contribution is -2.15. The summed E-state index contributed by atoms with van der Waals surface area (Å²) in [6.45, 7) is 1.16. The molecule has 0 saturated heterocycles. The lowest BCUT2D eigenvalue weighted by molar-refractivity contribution is 0.480. The van der Waals surface area contributed by atoms with E-state index in [-0.39, 0.29) is 5.56 Å². The minimum absolute atomic E-state index is 0.114. The SMILES string of the molecule is CNc1cc(NCc2ccccc2)ccc1C(c1ccc(NCc2ccccc2)cc1NC)c1ccc(S(=O)(=O)O)cc1S(=O)(=O)O. The van der Waals surface area contributed by atoms with E-state index < -0.39 is 35.9 Å². The summed E-state index contributed by atoms with van der Waals surface area (Å²) < 4.78 is 69.6. The maximum Gasteiger partial charge on any atom is 0.294 e. The third kappa shape index (κ3) is 8.10. The molecule has 244 valence electrons. The van der Waals surface area contributed by atoms with Gasteiger partial charge in [0.1, 0.15) is 0 Å². The molecule has 0 aromatic heterocycles. The first-order valence-corrected chi connectivity index (χ1v) is 17.6. The van der Waals surface area contributed by atoms with Gasteiger partial charge in [-0.05, 0) is 64.2 Å². The van der Waals surface area contributed by atoms with Gasteiger partial charge >= 0.3 is 0 Å². The normalized spacial score (nSPS) is 11.7. The molecule has 0 aliphatic heterocycles. The van der Waals surface area contributed by atoms with Crippen molar-refractivity contribution in [2.24, 2.45) is 0 Å². The number of benzene rings is 5. The molecule has 5 rings (SSSR count). The summed E-state index contributed by atoms with van der Waals surface area (Å²) in [4.78, 5) is -1.30. The average Bonchev–Trinajstić information content (AvgIpc) is 3.07. The van der Waals surface area contributed by atoms with Crippen LogP contribution in [-0.4, -0.2) is 40.0 Å². The Morgan fingerprint density at radius 2 is 1.00 bits per heavy atom. The zero-order valence-corrected chi connectivity index (χ0v) is 27.4. The molecule has 0 radical (unpaired) electrons. The van der Waals surface area contributed by atoms with Crippen LogP contribution in [0.15, 0.2) is 125 Å². The Labute approximate surface area is 275 Å². The van der Waals surface area contributed by atoms with Crippen molar-refractivity contribution < 1.29 is 25.9 Å². The maximum atomic E-state index is 12.8. The second-order valence-electron chi connectivity index (χ2n) is 10.9. The van der Waals surface area contributed by atoms with Crippen LogP contribution < -0.4 is 21.3 Å². The van der Waals surface area contributed by atoms with Crippen molar-refractivity contribution in [1.29, 1.82) is 0 Å². The van der Waals surface area contributed by atoms with E-state index >= 15 is 0 Å². The highest BCUT2D eigenvalue weighted by atomic mass is 32.2. The molecule has 0 spiro atoms. The van der Waals surface area contributed by atoms with Gasteiger partial charge in [0.15, 0.2) is 0 Å². The maximum absolute atomic E-state index is 12.8. The van der Waals surface area contributed by atoms with E-state index in [2.05, 4.69) is 21.3 Å². The van der Waals surface area contributed by atoms with E-state index in [4.69, 9.17) is 0 Å². The molecule has 0 saturated carbocycles. The molecule has 0 amide bonds. The van der Waals surface area contributed by atoms with Crippen LogP contribution >= 0.6 is 0 Å². The molecule has 0 atom stereocenters. The van der Waals surface area contributed by atoms with E-state index in [9.17, 15) is 25.9 Å². The molecule has 0 unspecified atom stereocenters. The van der Waals surface area contributed by atoms with E-state index in [1.54, 1.807) is 14.1 Å². The van der Waals surface area contributed by atoms with Crippen LogP contribution in [0.3, 0.4) is 0 Å². The minimum atomic E-state index is -4.95. The number of rotatable bonds is 13. The van der Waals surface area contributed by atoms with Gasteiger partial charge in [-0.25, -0.2) is 0 Å². The Bertz CT molecular complexity index is 1980. The van der Waals surface area contributed by atoms with Crippen molar-refractivity contribution in [3.05, 3.63) is 143 Å². The Morgan fingerprint density at radius 3 is 1.40 bits per heavy atom. The van der Waals surface area contributed by atoms with E-state index in [0.29, 0.717) is 35.6 Å². The fourth-order valence-corrected chi connectivity index (χ4v) is 6.85. The summed E-state index contributed by atoms with van der Waals surface area (Å²) in [6, 6.07) is 34.3. The van der Waals surface area contributed by atoms with E-state index in [0.717, 1.165) is 34.6 Å². The number of hydrogen-bond donors (Lipinski definition) is 6.